The fraction of sp³-hybridized carbons (Fsp3) is 0.778. The highest BCUT2D eigenvalue weighted by atomic mass is 127. The largest absolute Gasteiger partial charge is 0.143 e. The Kier molecular flexibility index (Phi) is 4.58. The number of aromatic nitrogens is 2. The highest BCUT2D eigenvalue weighted by Gasteiger charge is 2.14. The Morgan fingerprint density at radius 2 is 1.77 bits per heavy atom. The number of halogens is 1. The molecule has 0 aliphatic carbocycles. The molecule has 1 rings (SSSR count). The Morgan fingerprint density at radius 3 is 2.15 bits per heavy atom. The van der Waals surface area contributed by atoms with E-state index >= 15 is 0 Å². The third kappa shape index (κ3) is 2.87. The van der Waals surface area contributed by atoms with Gasteiger partial charge < -0.3 is 0 Å². The molecule has 0 amide bonds. The number of hydrogen-bond donors (Lipinski definition) is 0. The molecule has 2 nitrogen and oxygen atoms in total. The standard InChI is InChI=1S/C9H15IN2S/c1-4-7(5-2)9-12-11-8(13-9)6(3)10/h6-7H,4-5H2,1-3H3. The zero-order valence-electron chi connectivity index (χ0n) is 8.25. The number of hydrogen-bond acceptors (Lipinski definition) is 3. The van der Waals surface area contributed by atoms with E-state index in [0.717, 1.165) is 5.01 Å². The van der Waals surface area contributed by atoms with E-state index in [1.807, 2.05) is 0 Å². The van der Waals surface area contributed by atoms with Crippen molar-refractivity contribution in [1.82, 2.24) is 10.2 Å². The molecule has 74 valence electrons. The van der Waals surface area contributed by atoms with E-state index in [-0.39, 0.29) is 0 Å². The molecule has 0 spiro atoms. The first-order valence-electron chi connectivity index (χ1n) is 4.66. The summed E-state index contributed by atoms with van der Waals surface area (Å²) in [6.07, 6.45) is 2.33. The van der Waals surface area contributed by atoms with Gasteiger partial charge in [0.15, 0.2) is 0 Å². The smallest absolute Gasteiger partial charge is 0.130 e. The molecule has 0 aliphatic heterocycles. The topological polar surface area (TPSA) is 25.8 Å². The molecule has 0 aromatic carbocycles. The van der Waals surface area contributed by atoms with Gasteiger partial charge in [-0.15, -0.1) is 21.5 Å². The van der Waals surface area contributed by atoms with Crippen LogP contribution in [0.2, 0.25) is 0 Å². The summed E-state index contributed by atoms with van der Waals surface area (Å²) in [6.45, 7) is 6.57. The molecule has 1 heterocycles. The summed E-state index contributed by atoms with van der Waals surface area (Å²) < 4.78 is 0.484. The maximum absolute atomic E-state index is 4.24. The summed E-state index contributed by atoms with van der Waals surface area (Å²) in [5.74, 6) is 0.612. The molecule has 1 aromatic rings. The summed E-state index contributed by atoms with van der Waals surface area (Å²) in [7, 11) is 0. The van der Waals surface area contributed by atoms with Crippen LogP contribution >= 0.6 is 33.9 Å². The lowest BCUT2D eigenvalue weighted by molar-refractivity contribution is 0.630. The first kappa shape index (κ1) is 11.4. The van der Waals surface area contributed by atoms with Crippen molar-refractivity contribution < 1.29 is 0 Å². The van der Waals surface area contributed by atoms with Crippen LogP contribution in [-0.4, -0.2) is 10.2 Å². The van der Waals surface area contributed by atoms with Crippen LogP contribution < -0.4 is 0 Å². The summed E-state index contributed by atoms with van der Waals surface area (Å²) in [5, 5.41) is 10.8. The highest BCUT2D eigenvalue weighted by molar-refractivity contribution is 14.1. The molecule has 0 saturated carbocycles. The Labute approximate surface area is 97.3 Å². The minimum Gasteiger partial charge on any atom is -0.143 e. The molecule has 0 radical (unpaired) electrons. The quantitative estimate of drug-likeness (QED) is 0.622. The van der Waals surface area contributed by atoms with Gasteiger partial charge in [-0.05, 0) is 19.8 Å². The van der Waals surface area contributed by atoms with Gasteiger partial charge in [0, 0.05) is 5.92 Å². The SMILES string of the molecule is CCC(CC)c1nnc(C(C)I)s1. The molecule has 0 saturated heterocycles. The van der Waals surface area contributed by atoms with Gasteiger partial charge in [-0.25, -0.2) is 0 Å². The van der Waals surface area contributed by atoms with Crippen molar-refractivity contribution in [3.05, 3.63) is 10.0 Å². The van der Waals surface area contributed by atoms with E-state index < -0.39 is 0 Å². The number of rotatable bonds is 4. The second-order valence-electron chi connectivity index (χ2n) is 3.11. The van der Waals surface area contributed by atoms with Crippen molar-refractivity contribution in [3.8, 4) is 0 Å². The van der Waals surface area contributed by atoms with Crippen molar-refractivity contribution in [2.24, 2.45) is 0 Å². The minimum absolute atomic E-state index is 0.484. The normalized spacial score (nSPS) is 13.6. The van der Waals surface area contributed by atoms with Gasteiger partial charge in [-0.2, -0.15) is 0 Å². The summed E-state index contributed by atoms with van der Waals surface area (Å²) in [5.41, 5.74) is 0. The minimum atomic E-state index is 0.484. The van der Waals surface area contributed by atoms with Gasteiger partial charge in [0.1, 0.15) is 10.0 Å². The van der Waals surface area contributed by atoms with Crippen LogP contribution in [0.5, 0.6) is 0 Å². The van der Waals surface area contributed by atoms with Gasteiger partial charge >= 0.3 is 0 Å². The van der Waals surface area contributed by atoms with Crippen molar-refractivity contribution in [3.63, 3.8) is 0 Å². The second-order valence-corrected chi connectivity index (χ2v) is 6.02. The first-order valence-corrected chi connectivity index (χ1v) is 6.72. The van der Waals surface area contributed by atoms with Gasteiger partial charge in [0.05, 0.1) is 3.92 Å². The van der Waals surface area contributed by atoms with E-state index in [0.29, 0.717) is 9.84 Å². The molecule has 1 aromatic heterocycles. The summed E-state index contributed by atoms with van der Waals surface area (Å²) in [4.78, 5) is 0. The lowest BCUT2D eigenvalue weighted by atomic mass is 10.1. The molecule has 1 unspecified atom stereocenters. The highest BCUT2D eigenvalue weighted by Crippen LogP contribution is 2.31. The van der Waals surface area contributed by atoms with Crippen LogP contribution in [0.15, 0.2) is 0 Å². The van der Waals surface area contributed by atoms with Gasteiger partial charge in [0.25, 0.3) is 0 Å². The van der Waals surface area contributed by atoms with Crippen molar-refractivity contribution >= 4 is 33.9 Å². The molecule has 0 aliphatic rings. The van der Waals surface area contributed by atoms with E-state index in [1.54, 1.807) is 11.3 Å². The lowest BCUT2D eigenvalue weighted by Crippen LogP contribution is -1.93. The maximum Gasteiger partial charge on any atom is 0.130 e. The zero-order valence-corrected chi connectivity index (χ0v) is 11.2. The molecular weight excluding hydrogens is 295 g/mol. The fourth-order valence-electron chi connectivity index (χ4n) is 1.21. The Hall–Kier alpha value is 0.290. The number of alkyl halides is 1. The van der Waals surface area contributed by atoms with Crippen molar-refractivity contribution in [2.75, 3.05) is 0 Å². The summed E-state index contributed by atoms with van der Waals surface area (Å²) in [6, 6.07) is 0. The van der Waals surface area contributed by atoms with Gasteiger partial charge in [-0.1, -0.05) is 36.4 Å². The maximum atomic E-state index is 4.24. The molecule has 1 atom stereocenters. The molecule has 0 N–H and O–H groups in total. The summed E-state index contributed by atoms with van der Waals surface area (Å²) >= 11 is 4.15. The Morgan fingerprint density at radius 1 is 1.23 bits per heavy atom. The van der Waals surface area contributed by atoms with Gasteiger partial charge in [-0.3, -0.25) is 0 Å². The fourth-order valence-corrected chi connectivity index (χ4v) is 2.76. The zero-order chi connectivity index (χ0) is 9.84. The van der Waals surface area contributed by atoms with Crippen LogP contribution in [0.1, 0.15) is 53.5 Å². The van der Waals surface area contributed by atoms with Crippen LogP contribution in [-0.2, 0) is 0 Å². The van der Waals surface area contributed by atoms with Crippen molar-refractivity contribution in [1.29, 1.82) is 0 Å². The van der Waals surface area contributed by atoms with Crippen LogP contribution in [0.25, 0.3) is 0 Å². The number of nitrogens with zero attached hydrogens (tertiary/aromatic N) is 2. The molecule has 0 fully saturated rings. The second kappa shape index (κ2) is 5.24. The van der Waals surface area contributed by atoms with Crippen LogP contribution in [0.4, 0.5) is 0 Å². The van der Waals surface area contributed by atoms with E-state index in [1.165, 1.54) is 17.8 Å². The first-order chi connectivity index (χ1) is 6.19. The molecule has 0 bridgehead atoms. The van der Waals surface area contributed by atoms with E-state index in [9.17, 15) is 0 Å². The third-order valence-corrected chi connectivity index (χ3v) is 4.41. The predicted molar refractivity (Wildman–Crippen MR) is 65.7 cm³/mol. The average Bonchev–Trinajstić information content (AvgIpc) is 2.56. The van der Waals surface area contributed by atoms with E-state index in [2.05, 4.69) is 53.6 Å². The Balaban J connectivity index is 2.78. The van der Waals surface area contributed by atoms with Crippen LogP contribution in [0, 0.1) is 0 Å². The Bertz CT molecular complexity index is 256. The third-order valence-electron chi connectivity index (χ3n) is 2.13. The lowest BCUT2D eigenvalue weighted by Gasteiger charge is -2.05. The average molecular weight is 310 g/mol. The van der Waals surface area contributed by atoms with E-state index in [4.69, 9.17) is 0 Å². The van der Waals surface area contributed by atoms with Crippen molar-refractivity contribution in [2.45, 2.75) is 43.5 Å². The monoisotopic (exact) mass is 310 g/mol. The van der Waals surface area contributed by atoms with Gasteiger partial charge in [0.2, 0.25) is 0 Å². The van der Waals surface area contributed by atoms with Crippen LogP contribution in [0.3, 0.4) is 0 Å². The molecule has 4 heteroatoms. The molecular formula is C9H15IN2S. The predicted octanol–water partition coefficient (Wildman–Crippen LogP) is 3.94. The molecule has 13 heavy (non-hydrogen) atoms.